The van der Waals surface area contributed by atoms with Gasteiger partial charge in [0.15, 0.2) is 5.75 Å². The number of hydrogen-bond acceptors (Lipinski definition) is 3. The molecule has 2 rings (SSSR count). The van der Waals surface area contributed by atoms with E-state index < -0.39 is 0 Å². The van der Waals surface area contributed by atoms with Gasteiger partial charge in [-0.05, 0) is 24.6 Å². The maximum Gasteiger partial charge on any atom is 0.161 e. The van der Waals surface area contributed by atoms with Gasteiger partial charge in [-0.1, -0.05) is 12.1 Å². The molecule has 0 aliphatic heterocycles. The zero-order chi connectivity index (χ0) is 13.1. The molecular weight excluding hydrogens is 233 g/mol. The number of methoxy groups -OCH3 is 1. The number of nitrogens with two attached hydrogens (primary N) is 1. The van der Waals surface area contributed by atoms with Crippen molar-refractivity contribution in [1.82, 2.24) is 9.78 Å². The minimum absolute atomic E-state index is 0.276. The van der Waals surface area contributed by atoms with Crippen LogP contribution >= 0.6 is 0 Å². The summed E-state index contributed by atoms with van der Waals surface area (Å²) in [5, 5.41) is 4.21. The molecule has 0 bridgehead atoms. The van der Waals surface area contributed by atoms with Gasteiger partial charge >= 0.3 is 0 Å². The van der Waals surface area contributed by atoms with Gasteiger partial charge in [0, 0.05) is 6.54 Å². The number of ether oxygens (including phenoxy) is 1. The topological polar surface area (TPSA) is 53.1 Å². The third-order valence-corrected chi connectivity index (χ3v) is 2.89. The second-order valence-electron chi connectivity index (χ2n) is 3.94. The van der Waals surface area contributed by atoms with E-state index in [4.69, 9.17) is 10.5 Å². The molecule has 1 heterocycles. The molecule has 2 aromatic rings. The highest BCUT2D eigenvalue weighted by Crippen LogP contribution is 2.28. The lowest BCUT2D eigenvalue weighted by atomic mass is 10.0. The Morgan fingerprint density at radius 2 is 2.06 bits per heavy atom. The van der Waals surface area contributed by atoms with Crippen LogP contribution < -0.4 is 10.5 Å². The zero-order valence-electron chi connectivity index (χ0n) is 10.4. The van der Waals surface area contributed by atoms with Crippen LogP contribution in [0.3, 0.4) is 0 Å². The van der Waals surface area contributed by atoms with Gasteiger partial charge in [-0.15, -0.1) is 0 Å². The first-order chi connectivity index (χ1) is 8.67. The second-order valence-corrected chi connectivity index (χ2v) is 3.94. The first-order valence-corrected chi connectivity index (χ1v) is 5.78. The minimum Gasteiger partial charge on any atom is -0.493 e. The Morgan fingerprint density at radius 1 is 1.39 bits per heavy atom. The standard InChI is InChI=1S/C13H16FN3O/c1-3-17-13(11(18-2)8-16-17)12(15)9-4-6-10(14)7-5-9/h4-8,12H,3,15H2,1-2H3. The van der Waals surface area contributed by atoms with Gasteiger partial charge in [0.25, 0.3) is 0 Å². The summed E-state index contributed by atoms with van der Waals surface area (Å²) in [7, 11) is 1.58. The van der Waals surface area contributed by atoms with E-state index in [0.717, 1.165) is 11.3 Å². The van der Waals surface area contributed by atoms with Gasteiger partial charge in [0.05, 0.1) is 19.3 Å². The number of halogens is 1. The number of aromatic nitrogens is 2. The van der Waals surface area contributed by atoms with Crippen molar-refractivity contribution in [1.29, 1.82) is 0 Å². The third kappa shape index (κ3) is 2.22. The lowest BCUT2D eigenvalue weighted by Gasteiger charge is -2.15. The van der Waals surface area contributed by atoms with Gasteiger partial charge in [-0.25, -0.2) is 4.39 Å². The van der Waals surface area contributed by atoms with Gasteiger partial charge in [0.1, 0.15) is 11.5 Å². The molecule has 1 aromatic carbocycles. The number of rotatable bonds is 4. The SMILES string of the molecule is CCn1ncc(OC)c1C(N)c1ccc(F)cc1. The smallest absolute Gasteiger partial charge is 0.161 e. The van der Waals surface area contributed by atoms with Gasteiger partial charge in [-0.3, -0.25) is 4.68 Å². The number of aryl methyl sites for hydroxylation is 1. The molecule has 2 N–H and O–H groups in total. The van der Waals surface area contributed by atoms with Crippen molar-refractivity contribution >= 4 is 0 Å². The molecule has 1 atom stereocenters. The largest absolute Gasteiger partial charge is 0.493 e. The molecular formula is C13H16FN3O. The molecule has 0 aliphatic rings. The highest BCUT2D eigenvalue weighted by molar-refractivity contribution is 5.36. The van der Waals surface area contributed by atoms with Crippen molar-refractivity contribution in [2.75, 3.05) is 7.11 Å². The first-order valence-electron chi connectivity index (χ1n) is 5.78. The lowest BCUT2D eigenvalue weighted by molar-refractivity contribution is 0.404. The third-order valence-electron chi connectivity index (χ3n) is 2.89. The van der Waals surface area contributed by atoms with Crippen LogP contribution in [0.5, 0.6) is 5.75 Å². The van der Waals surface area contributed by atoms with E-state index in [-0.39, 0.29) is 11.9 Å². The summed E-state index contributed by atoms with van der Waals surface area (Å²) in [5.41, 5.74) is 7.82. The molecule has 5 heteroatoms. The molecule has 0 spiro atoms. The van der Waals surface area contributed by atoms with E-state index in [1.165, 1.54) is 12.1 Å². The summed E-state index contributed by atoms with van der Waals surface area (Å²) in [6.07, 6.45) is 1.64. The highest BCUT2D eigenvalue weighted by atomic mass is 19.1. The van der Waals surface area contributed by atoms with Crippen molar-refractivity contribution in [3.05, 3.63) is 47.5 Å². The Balaban J connectivity index is 2.41. The van der Waals surface area contributed by atoms with E-state index in [1.807, 2.05) is 6.92 Å². The molecule has 4 nitrogen and oxygen atoms in total. The van der Waals surface area contributed by atoms with Crippen LogP contribution in [0.1, 0.15) is 24.2 Å². The van der Waals surface area contributed by atoms with Crippen LogP contribution in [-0.2, 0) is 6.54 Å². The molecule has 0 amide bonds. The summed E-state index contributed by atoms with van der Waals surface area (Å²) < 4.78 is 19.9. The monoisotopic (exact) mass is 249 g/mol. The van der Waals surface area contributed by atoms with Crippen LogP contribution in [0.25, 0.3) is 0 Å². The van der Waals surface area contributed by atoms with Crippen LogP contribution in [0.15, 0.2) is 30.5 Å². The Morgan fingerprint density at radius 3 is 2.61 bits per heavy atom. The molecule has 0 saturated carbocycles. The van der Waals surface area contributed by atoms with E-state index in [1.54, 1.807) is 30.1 Å². The summed E-state index contributed by atoms with van der Waals surface area (Å²) >= 11 is 0. The van der Waals surface area contributed by atoms with Crippen molar-refractivity contribution in [3.8, 4) is 5.75 Å². The van der Waals surface area contributed by atoms with E-state index in [9.17, 15) is 4.39 Å². The van der Waals surface area contributed by atoms with Gasteiger partial charge in [-0.2, -0.15) is 5.10 Å². The zero-order valence-corrected chi connectivity index (χ0v) is 10.4. The number of benzene rings is 1. The van der Waals surface area contributed by atoms with E-state index in [0.29, 0.717) is 12.3 Å². The Bertz CT molecular complexity index is 500. The lowest BCUT2D eigenvalue weighted by Crippen LogP contribution is -2.18. The molecule has 0 aliphatic carbocycles. The van der Waals surface area contributed by atoms with Crippen LogP contribution in [-0.4, -0.2) is 16.9 Å². The molecule has 96 valence electrons. The molecule has 18 heavy (non-hydrogen) atoms. The predicted octanol–water partition coefficient (Wildman–Crippen LogP) is 2.10. The Hall–Kier alpha value is -1.88. The molecule has 1 aromatic heterocycles. The Labute approximate surface area is 105 Å². The predicted molar refractivity (Wildman–Crippen MR) is 66.9 cm³/mol. The fourth-order valence-electron chi connectivity index (χ4n) is 1.93. The highest BCUT2D eigenvalue weighted by Gasteiger charge is 2.19. The fourth-order valence-corrected chi connectivity index (χ4v) is 1.93. The van der Waals surface area contributed by atoms with Gasteiger partial charge < -0.3 is 10.5 Å². The maximum atomic E-state index is 12.9. The van der Waals surface area contributed by atoms with Crippen LogP contribution in [0.4, 0.5) is 4.39 Å². The molecule has 0 radical (unpaired) electrons. The van der Waals surface area contributed by atoms with E-state index in [2.05, 4.69) is 5.10 Å². The van der Waals surface area contributed by atoms with E-state index >= 15 is 0 Å². The maximum absolute atomic E-state index is 12.9. The average Bonchev–Trinajstić information content (AvgIpc) is 2.81. The van der Waals surface area contributed by atoms with Gasteiger partial charge in [0.2, 0.25) is 0 Å². The molecule has 1 unspecified atom stereocenters. The fraction of sp³-hybridized carbons (Fsp3) is 0.308. The summed E-state index contributed by atoms with van der Waals surface area (Å²) in [6, 6.07) is 5.75. The second kappa shape index (κ2) is 5.18. The van der Waals surface area contributed by atoms with Crippen LogP contribution in [0.2, 0.25) is 0 Å². The minimum atomic E-state index is -0.386. The summed E-state index contributed by atoms with van der Waals surface area (Å²) in [5.74, 6) is 0.371. The average molecular weight is 249 g/mol. The summed E-state index contributed by atoms with van der Waals surface area (Å²) in [4.78, 5) is 0. The van der Waals surface area contributed by atoms with Crippen molar-refractivity contribution in [2.45, 2.75) is 19.5 Å². The molecule has 0 fully saturated rings. The first kappa shape index (κ1) is 12.6. The molecule has 0 saturated heterocycles. The number of hydrogen-bond donors (Lipinski definition) is 1. The van der Waals surface area contributed by atoms with Crippen molar-refractivity contribution < 1.29 is 9.13 Å². The van der Waals surface area contributed by atoms with Crippen LogP contribution in [0, 0.1) is 5.82 Å². The van der Waals surface area contributed by atoms with Crippen molar-refractivity contribution in [2.24, 2.45) is 5.73 Å². The Kier molecular flexibility index (Phi) is 3.62. The quantitative estimate of drug-likeness (QED) is 0.902. The number of nitrogens with zero attached hydrogens (tertiary/aromatic N) is 2. The summed E-state index contributed by atoms with van der Waals surface area (Å²) in [6.45, 7) is 2.68. The van der Waals surface area contributed by atoms with Crippen molar-refractivity contribution in [3.63, 3.8) is 0 Å². The normalized spacial score (nSPS) is 12.4.